The second-order valence-corrected chi connectivity index (χ2v) is 7.43. The molecule has 0 fully saturated rings. The van der Waals surface area contributed by atoms with Gasteiger partial charge >= 0.3 is 24.6 Å². The summed E-state index contributed by atoms with van der Waals surface area (Å²) in [6.07, 6.45) is 0. The van der Waals surface area contributed by atoms with E-state index in [-0.39, 0.29) is 69.1 Å². The second kappa shape index (κ2) is 16.5. The van der Waals surface area contributed by atoms with Crippen LogP contribution in [0.2, 0.25) is 0 Å². The van der Waals surface area contributed by atoms with Crippen LogP contribution in [0.1, 0.15) is 27.7 Å². The third kappa shape index (κ3) is 10.1. The van der Waals surface area contributed by atoms with Crippen molar-refractivity contribution in [1.82, 2.24) is 5.10 Å². The quantitative estimate of drug-likeness (QED) is 0.203. The van der Waals surface area contributed by atoms with Crippen molar-refractivity contribution in [1.29, 1.82) is 0 Å². The van der Waals surface area contributed by atoms with E-state index < -0.39 is 0 Å². The zero-order chi connectivity index (χ0) is 17.9. The molecule has 0 aliphatic rings. The fraction of sp³-hybridized carbons (Fsp3) is 0.529. The number of azo groups is 1. The zero-order valence-corrected chi connectivity index (χ0v) is 24.6. The van der Waals surface area contributed by atoms with Gasteiger partial charge < -0.3 is 59.4 Å². The summed E-state index contributed by atoms with van der Waals surface area (Å²) in [7, 11) is 5.94. The Bertz CT molecular complexity index is 702. The molecule has 2 rings (SSSR count). The molecule has 1 heterocycles. The Morgan fingerprint density at radius 3 is 1.79 bits per heavy atom. The molecule has 29 heavy (non-hydrogen) atoms. The minimum absolute atomic E-state index is 0. The van der Waals surface area contributed by atoms with Crippen molar-refractivity contribution in [3.05, 3.63) is 24.3 Å². The Hall–Kier alpha value is -0.237. The maximum absolute atomic E-state index is 4.60. The van der Waals surface area contributed by atoms with Gasteiger partial charge in [0.25, 0.3) is 0 Å². The molecule has 1 aromatic heterocycles. The molecule has 12 heteroatoms. The van der Waals surface area contributed by atoms with E-state index in [9.17, 15) is 0 Å². The molecule has 162 valence electrons. The van der Waals surface area contributed by atoms with Crippen LogP contribution < -0.4 is 64.1 Å². The molecule has 0 N–H and O–H groups in total. The molecule has 0 amide bonds. The van der Waals surface area contributed by atoms with Gasteiger partial charge in [0.05, 0.1) is 5.11 Å². The molecule has 0 spiro atoms. The molecule has 0 saturated heterocycles. The molecular formula is C17H27Cl4N6SZn-. The van der Waals surface area contributed by atoms with E-state index in [0.717, 1.165) is 21.6 Å². The molecule has 0 bridgehead atoms. The van der Waals surface area contributed by atoms with Gasteiger partial charge in [0.2, 0.25) is 5.13 Å². The number of aromatic nitrogens is 2. The van der Waals surface area contributed by atoms with Gasteiger partial charge in [0, 0.05) is 31.9 Å². The van der Waals surface area contributed by atoms with Gasteiger partial charge in [0.15, 0.2) is 0 Å². The Morgan fingerprint density at radius 1 is 0.897 bits per heavy atom. The summed E-state index contributed by atoms with van der Waals surface area (Å²) in [6.45, 7) is 8.70. The number of hydrogen-bond acceptors (Lipinski definition) is 6. The van der Waals surface area contributed by atoms with Crippen LogP contribution in [0.25, 0.3) is 0 Å². The molecule has 1 aromatic carbocycles. The first-order chi connectivity index (χ1) is 11.3. The van der Waals surface area contributed by atoms with Crippen molar-refractivity contribution in [3.8, 4) is 0 Å². The largest absolute Gasteiger partial charge is 2.00 e. The van der Waals surface area contributed by atoms with Crippen LogP contribution in [0.3, 0.4) is 0 Å². The maximum Gasteiger partial charge on any atom is 2.00 e. The summed E-state index contributed by atoms with van der Waals surface area (Å²) < 4.78 is 1.79. The van der Waals surface area contributed by atoms with Gasteiger partial charge in [-0.05, 0) is 68.4 Å². The Labute approximate surface area is 215 Å². The predicted molar refractivity (Wildman–Crippen MR) is 101 cm³/mol. The summed E-state index contributed by atoms with van der Waals surface area (Å²) in [4.78, 5) is 4.35. The van der Waals surface area contributed by atoms with Crippen molar-refractivity contribution in [2.24, 2.45) is 17.3 Å². The first-order valence-electron chi connectivity index (χ1n) is 8.14. The SMILES string of the molecule is CC(C)N(c1n[n+](C)c(N=Nc2ccc(N(C)C)cc2)s1)C(C)C.[Cl-].[Cl-].[Cl-].[Cl-].[Zn+2]. The van der Waals surface area contributed by atoms with Crippen LogP contribution in [-0.2, 0) is 26.5 Å². The Kier molecular flexibility index (Phi) is 20.5. The molecular weight excluding hydrogens is 527 g/mol. The first-order valence-corrected chi connectivity index (χ1v) is 8.96. The molecule has 0 aliphatic heterocycles. The Balaban J connectivity index is -0.000000625. The number of nitrogens with zero attached hydrogens (tertiary/aromatic N) is 6. The summed E-state index contributed by atoms with van der Waals surface area (Å²) in [5.41, 5.74) is 1.98. The van der Waals surface area contributed by atoms with E-state index in [0.29, 0.717) is 12.1 Å². The van der Waals surface area contributed by atoms with Crippen LogP contribution in [0.4, 0.5) is 21.6 Å². The van der Waals surface area contributed by atoms with E-state index >= 15 is 0 Å². The van der Waals surface area contributed by atoms with E-state index in [1.165, 1.54) is 0 Å². The number of anilines is 2. The molecule has 6 nitrogen and oxygen atoms in total. The number of hydrogen-bond donors (Lipinski definition) is 0. The summed E-state index contributed by atoms with van der Waals surface area (Å²) in [6, 6.07) is 8.78. The van der Waals surface area contributed by atoms with E-state index in [4.69, 9.17) is 0 Å². The average Bonchev–Trinajstić information content (AvgIpc) is 2.85. The van der Waals surface area contributed by atoms with E-state index in [1.807, 2.05) is 45.4 Å². The van der Waals surface area contributed by atoms with Crippen LogP contribution in [0.15, 0.2) is 34.5 Å². The van der Waals surface area contributed by atoms with Crippen LogP contribution in [0, 0.1) is 0 Å². The molecule has 0 aliphatic carbocycles. The van der Waals surface area contributed by atoms with Crippen molar-refractivity contribution in [3.63, 3.8) is 0 Å². The van der Waals surface area contributed by atoms with Crippen LogP contribution >= 0.6 is 11.3 Å². The van der Waals surface area contributed by atoms with Gasteiger partial charge in [-0.3, -0.25) is 0 Å². The Morgan fingerprint density at radius 2 is 1.38 bits per heavy atom. The minimum atomic E-state index is 0. The normalized spacial score (nSPS) is 9.69. The van der Waals surface area contributed by atoms with E-state index in [2.05, 4.69) is 52.8 Å². The van der Waals surface area contributed by atoms with Crippen LogP contribution in [-0.4, -0.2) is 31.3 Å². The number of aryl methyl sites for hydroxylation is 1. The summed E-state index contributed by atoms with van der Waals surface area (Å²) >= 11 is 1.56. The van der Waals surface area contributed by atoms with Crippen molar-refractivity contribution < 1.29 is 73.8 Å². The number of rotatable bonds is 6. The zero-order valence-electron chi connectivity index (χ0n) is 17.8. The molecule has 0 radical (unpaired) electrons. The van der Waals surface area contributed by atoms with Crippen molar-refractivity contribution in [2.75, 3.05) is 23.9 Å². The van der Waals surface area contributed by atoms with Gasteiger partial charge in [-0.1, -0.05) is 5.10 Å². The number of benzene rings is 1. The fourth-order valence-corrected chi connectivity index (χ4v) is 3.59. The smallest absolute Gasteiger partial charge is 1.00 e. The molecule has 0 atom stereocenters. The fourth-order valence-electron chi connectivity index (χ4n) is 2.48. The third-order valence-electron chi connectivity index (χ3n) is 3.65. The van der Waals surface area contributed by atoms with Gasteiger partial charge in [-0.2, -0.15) is 0 Å². The molecule has 0 unspecified atom stereocenters. The topological polar surface area (TPSA) is 48.0 Å². The number of halogens is 4. The summed E-state index contributed by atoms with van der Waals surface area (Å²) in [5.74, 6) is 0. The van der Waals surface area contributed by atoms with Crippen molar-refractivity contribution >= 4 is 33.0 Å². The maximum atomic E-state index is 4.60. The average molecular weight is 555 g/mol. The van der Waals surface area contributed by atoms with Crippen LogP contribution in [0.5, 0.6) is 0 Å². The predicted octanol–water partition coefficient (Wildman–Crippen LogP) is -7.91. The molecule has 0 saturated carbocycles. The molecule has 2 aromatic rings. The van der Waals surface area contributed by atoms with Gasteiger partial charge in [-0.15, -0.1) is 4.68 Å². The van der Waals surface area contributed by atoms with Gasteiger partial charge in [-0.25, -0.2) is 0 Å². The van der Waals surface area contributed by atoms with Crippen molar-refractivity contribution in [2.45, 2.75) is 39.8 Å². The third-order valence-corrected chi connectivity index (χ3v) is 4.65. The summed E-state index contributed by atoms with van der Waals surface area (Å²) in [5, 5.41) is 15.1. The standard InChI is InChI=1S/C17H27N6S.4ClH.Zn/c1-12(2)23(13(3)4)17-20-22(7)16(24-17)19-18-14-8-10-15(11-9-14)21(5)6;;;;;/h8-13H,1-7H3;4*1H;/q+1;;;;;+2/p-4. The second-order valence-electron chi connectivity index (χ2n) is 6.50. The monoisotopic (exact) mass is 551 g/mol. The first kappa shape index (κ1) is 36.2. The minimum Gasteiger partial charge on any atom is -1.00 e. The van der Waals surface area contributed by atoms with Gasteiger partial charge in [0.1, 0.15) is 12.7 Å². The van der Waals surface area contributed by atoms with E-state index in [1.54, 1.807) is 16.0 Å².